The third-order valence-corrected chi connectivity index (χ3v) is 3.93. The van der Waals surface area contributed by atoms with Crippen molar-refractivity contribution in [2.45, 2.75) is 27.7 Å². The molecule has 0 radical (unpaired) electrons. The summed E-state index contributed by atoms with van der Waals surface area (Å²) < 4.78 is 4.33. The Bertz CT molecular complexity index is 571. The normalized spacial score (nSPS) is 9.50. The zero-order valence-corrected chi connectivity index (χ0v) is 15.6. The van der Waals surface area contributed by atoms with Crippen molar-refractivity contribution in [1.82, 2.24) is 9.13 Å². The molecule has 0 bridgehead atoms. The largest absolute Gasteiger partial charge is 0.352 e. The van der Waals surface area contributed by atoms with Crippen molar-refractivity contribution >= 4 is 11.6 Å². The predicted octanol–water partition coefficient (Wildman–Crippen LogP) is 1.33. The fraction of sp³-hybridized carbons (Fsp3) is 0.444. The molecule has 4 N–H and O–H groups in total. The van der Waals surface area contributed by atoms with Crippen LogP contribution >= 0.6 is 0 Å². The van der Waals surface area contributed by atoms with Gasteiger partial charge < -0.3 is 20.6 Å². The minimum atomic E-state index is -0.604. The highest BCUT2D eigenvalue weighted by Crippen LogP contribution is 2.02. The molecule has 6 heteroatoms. The van der Waals surface area contributed by atoms with Crippen molar-refractivity contribution < 1.29 is 9.59 Å². The molecule has 0 aliphatic carbocycles. The Balaban J connectivity index is 0.000000331. The van der Waals surface area contributed by atoms with Gasteiger partial charge in [0.1, 0.15) is 0 Å². The maximum atomic E-state index is 10.2. The smallest absolute Gasteiger partial charge is 0.213 e. The highest BCUT2D eigenvalue weighted by Gasteiger charge is 2.06. The van der Waals surface area contributed by atoms with Crippen molar-refractivity contribution in [3.63, 3.8) is 0 Å². The van der Waals surface area contributed by atoms with E-state index in [1.165, 1.54) is 22.8 Å². The average Bonchev–Trinajstić information content (AvgIpc) is 3.04. The molecule has 2 aromatic rings. The number of Topliss-reactive ketones (excluding diaryl/α,β-unsaturated/α-hetero) is 2. The molecule has 0 aromatic carbocycles. The molecule has 0 saturated heterocycles. The van der Waals surface area contributed by atoms with Gasteiger partial charge in [-0.1, -0.05) is 0 Å². The van der Waals surface area contributed by atoms with Gasteiger partial charge in [0, 0.05) is 36.9 Å². The summed E-state index contributed by atoms with van der Waals surface area (Å²) in [5.41, 5.74) is 14.9. The number of rotatable bonds is 3. The summed E-state index contributed by atoms with van der Waals surface area (Å²) in [6.07, 6.45) is 0. The number of ketones is 2. The molecule has 2 heterocycles. The van der Waals surface area contributed by atoms with Crippen LogP contribution in [0.25, 0.3) is 0 Å². The molecule has 2 aromatic heterocycles. The number of nitrogens with zero attached hydrogens (tertiary/aromatic N) is 2. The van der Waals surface area contributed by atoms with Gasteiger partial charge in [0.15, 0.2) is 0 Å². The maximum Gasteiger partial charge on any atom is 0.213 e. The van der Waals surface area contributed by atoms with Crippen molar-refractivity contribution in [2.75, 3.05) is 13.1 Å². The maximum absolute atomic E-state index is 10.2. The van der Waals surface area contributed by atoms with Crippen molar-refractivity contribution in [1.29, 1.82) is 0 Å². The molecule has 6 nitrogen and oxygen atoms in total. The zero-order valence-electron chi connectivity index (χ0n) is 15.6. The lowest BCUT2D eigenvalue weighted by Crippen LogP contribution is -2.28. The fourth-order valence-corrected chi connectivity index (χ4v) is 1.71. The first-order chi connectivity index (χ1) is 11.1. The molecular weight excluding hydrogens is 304 g/mol. The average molecular weight is 334 g/mol. The van der Waals surface area contributed by atoms with Crippen LogP contribution < -0.4 is 11.5 Å². The van der Waals surface area contributed by atoms with Gasteiger partial charge in [0.2, 0.25) is 11.6 Å². The van der Waals surface area contributed by atoms with Crippen LogP contribution in [-0.2, 0) is 23.7 Å². The highest BCUT2D eigenvalue weighted by atomic mass is 16.2. The van der Waals surface area contributed by atoms with E-state index in [9.17, 15) is 9.59 Å². The number of aromatic nitrogens is 2. The monoisotopic (exact) mass is 334 g/mol. The predicted molar refractivity (Wildman–Crippen MR) is 97.9 cm³/mol. The van der Waals surface area contributed by atoms with E-state index in [2.05, 4.69) is 75.2 Å². The second kappa shape index (κ2) is 10.6. The minimum Gasteiger partial charge on any atom is -0.352 e. The quantitative estimate of drug-likeness (QED) is 0.828. The van der Waals surface area contributed by atoms with E-state index in [1.807, 2.05) is 0 Å². The van der Waals surface area contributed by atoms with E-state index in [0.29, 0.717) is 0 Å². The van der Waals surface area contributed by atoms with Crippen LogP contribution in [0.1, 0.15) is 22.8 Å². The third-order valence-electron chi connectivity index (χ3n) is 3.93. The lowest BCUT2D eigenvalue weighted by atomic mass is 10.3. The van der Waals surface area contributed by atoms with E-state index in [0.717, 1.165) is 0 Å². The van der Waals surface area contributed by atoms with Crippen LogP contribution in [0, 0.1) is 27.7 Å². The van der Waals surface area contributed by atoms with Crippen LogP contribution in [0.15, 0.2) is 24.3 Å². The summed E-state index contributed by atoms with van der Waals surface area (Å²) in [5.74, 6) is -1.21. The molecule has 134 valence electrons. The molecule has 0 unspecified atom stereocenters. The number of hydrogen-bond donors (Lipinski definition) is 2. The highest BCUT2D eigenvalue weighted by molar-refractivity contribution is 6.38. The van der Waals surface area contributed by atoms with E-state index >= 15 is 0 Å². The molecule has 2 rings (SSSR count). The van der Waals surface area contributed by atoms with Crippen molar-refractivity contribution in [2.24, 2.45) is 25.6 Å². The summed E-state index contributed by atoms with van der Waals surface area (Å²) in [4.78, 5) is 20.4. The van der Waals surface area contributed by atoms with Crippen LogP contribution in [-0.4, -0.2) is 33.8 Å². The second-order valence-corrected chi connectivity index (χ2v) is 5.60. The van der Waals surface area contributed by atoms with Crippen LogP contribution in [0.2, 0.25) is 0 Å². The molecule has 0 fully saturated rings. The minimum absolute atomic E-state index is 0.240. The van der Waals surface area contributed by atoms with E-state index in [1.54, 1.807) is 0 Å². The lowest BCUT2D eigenvalue weighted by molar-refractivity contribution is -0.134. The summed E-state index contributed by atoms with van der Waals surface area (Å²) in [5, 5.41) is 0. The zero-order chi connectivity index (χ0) is 18.9. The summed E-state index contributed by atoms with van der Waals surface area (Å²) in [6, 6.07) is 8.48. The van der Waals surface area contributed by atoms with Gasteiger partial charge in [-0.25, -0.2) is 0 Å². The second-order valence-electron chi connectivity index (χ2n) is 5.60. The number of nitrogens with two attached hydrogens (primary N) is 2. The van der Waals surface area contributed by atoms with Crippen molar-refractivity contribution in [3.05, 3.63) is 47.0 Å². The Hall–Kier alpha value is -2.18. The van der Waals surface area contributed by atoms with Crippen LogP contribution in [0.3, 0.4) is 0 Å². The molecule has 0 amide bonds. The Morgan fingerprint density at radius 3 is 1.00 bits per heavy atom. The fourth-order valence-electron chi connectivity index (χ4n) is 1.71. The Kier molecular flexibility index (Phi) is 9.61. The van der Waals surface area contributed by atoms with Gasteiger partial charge in [-0.3, -0.25) is 9.59 Å². The van der Waals surface area contributed by atoms with Gasteiger partial charge >= 0.3 is 0 Å². The Labute approximate surface area is 144 Å². The van der Waals surface area contributed by atoms with Crippen LogP contribution in [0.5, 0.6) is 0 Å². The lowest BCUT2D eigenvalue weighted by Gasteiger charge is -1.96. The summed E-state index contributed by atoms with van der Waals surface area (Å²) in [7, 11) is 4.15. The van der Waals surface area contributed by atoms with E-state index in [4.69, 9.17) is 11.5 Å². The first kappa shape index (κ1) is 21.8. The first-order valence-electron chi connectivity index (χ1n) is 7.79. The van der Waals surface area contributed by atoms with Gasteiger partial charge in [-0.05, 0) is 52.0 Å². The van der Waals surface area contributed by atoms with Gasteiger partial charge in [-0.15, -0.1) is 0 Å². The summed E-state index contributed by atoms with van der Waals surface area (Å²) >= 11 is 0. The molecule has 0 aliphatic heterocycles. The van der Waals surface area contributed by atoms with Crippen molar-refractivity contribution in [3.8, 4) is 0 Å². The Morgan fingerprint density at radius 2 is 0.917 bits per heavy atom. The van der Waals surface area contributed by atoms with Gasteiger partial charge in [-0.2, -0.15) is 0 Å². The number of carbonyl (C=O) groups excluding carboxylic acids is 2. The number of carbonyl (C=O) groups is 2. The van der Waals surface area contributed by atoms with E-state index in [-0.39, 0.29) is 13.1 Å². The molecular formula is C18H30N4O2. The summed E-state index contributed by atoms with van der Waals surface area (Å²) in [6.45, 7) is 7.94. The molecule has 0 saturated carbocycles. The number of aryl methyl sites for hydroxylation is 4. The first-order valence-corrected chi connectivity index (χ1v) is 7.79. The van der Waals surface area contributed by atoms with Gasteiger partial charge in [0.05, 0.1) is 13.1 Å². The molecule has 0 spiro atoms. The molecule has 24 heavy (non-hydrogen) atoms. The Morgan fingerprint density at radius 1 is 0.708 bits per heavy atom. The molecule has 0 atom stereocenters. The standard InChI is InChI=1S/2C7H11N.C4H8N2O2/c2*1-6-4-5-7(2)8(6)3;5-1-3(7)4(8)2-6/h2*4-5H,1-3H3;1-2,5-6H2. The third kappa shape index (κ3) is 6.93. The number of hydrogen-bond acceptors (Lipinski definition) is 4. The SMILES string of the molecule is Cc1ccc(C)n1C.Cc1ccc(C)n1C.NCC(=O)C(=O)CN. The topological polar surface area (TPSA) is 96.0 Å². The van der Waals surface area contributed by atoms with Gasteiger partial charge in [0.25, 0.3) is 0 Å². The van der Waals surface area contributed by atoms with Crippen LogP contribution in [0.4, 0.5) is 0 Å². The molecule has 0 aliphatic rings. The van der Waals surface area contributed by atoms with E-state index < -0.39 is 11.6 Å².